The Morgan fingerprint density at radius 3 is 2.33 bits per heavy atom. The van der Waals surface area contributed by atoms with E-state index in [1.54, 1.807) is 38.4 Å². The molecule has 0 saturated heterocycles. The number of amides is 1. The van der Waals surface area contributed by atoms with Crippen molar-refractivity contribution in [3.05, 3.63) is 35.9 Å². The molecule has 0 aromatic heterocycles. The first kappa shape index (κ1) is 11.2. The van der Waals surface area contributed by atoms with Gasteiger partial charge in [0.1, 0.15) is 0 Å². The van der Waals surface area contributed by atoms with E-state index in [0.717, 1.165) is 0 Å². The summed E-state index contributed by atoms with van der Waals surface area (Å²) >= 11 is 0. The zero-order valence-electron chi connectivity index (χ0n) is 8.77. The lowest BCUT2D eigenvalue weighted by Gasteiger charge is -2.10. The topological polar surface area (TPSA) is 46.6 Å². The fourth-order valence-electron chi connectivity index (χ4n) is 0.964. The van der Waals surface area contributed by atoms with Gasteiger partial charge in [-0.2, -0.15) is 0 Å². The molecule has 0 fully saturated rings. The van der Waals surface area contributed by atoms with Gasteiger partial charge in [0.25, 0.3) is 0 Å². The van der Waals surface area contributed by atoms with Gasteiger partial charge in [-0.1, -0.05) is 30.3 Å². The number of benzene rings is 1. The Bertz CT molecular complexity index is 346. The Labute approximate surface area is 88.5 Å². The molecule has 0 N–H and O–H groups in total. The van der Waals surface area contributed by atoms with Crippen LogP contribution in [0.1, 0.15) is 10.4 Å². The molecule has 0 aliphatic carbocycles. The van der Waals surface area contributed by atoms with Crippen LogP contribution in [0.2, 0.25) is 0 Å². The van der Waals surface area contributed by atoms with Crippen molar-refractivity contribution >= 4 is 11.9 Å². The highest BCUT2D eigenvalue weighted by molar-refractivity contribution is 5.97. The molecule has 0 unspecified atom stereocenters. The number of nitrogens with zero attached hydrogens (tertiary/aromatic N) is 1. The lowest BCUT2D eigenvalue weighted by atomic mass is 10.1. The van der Waals surface area contributed by atoms with Crippen molar-refractivity contribution in [2.75, 3.05) is 20.7 Å². The number of hydrogen-bond donors (Lipinski definition) is 0. The van der Waals surface area contributed by atoms with Crippen molar-refractivity contribution in [1.29, 1.82) is 0 Å². The van der Waals surface area contributed by atoms with Crippen LogP contribution in [-0.4, -0.2) is 37.5 Å². The molecule has 0 saturated carbocycles. The molecule has 0 radical (unpaired) electrons. The monoisotopic (exact) mass is 207 g/mol. The maximum Gasteiger partial charge on any atom is 0.409 e. The van der Waals surface area contributed by atoms with E-state index in [4.69, 9.17) is 4.74 Å². The van der Waals surface area contributed by atoms with Gasteiger partial charge in [-0.15, -0.1) is 0 Å². The molecule has 1 aromatic carbocycles. The van der Waals surface area contributed by atoms with Crippen LogP contribution >= 0.6 is 0 Å². The molecule has 0 spiro atoms. The first-order valence-corrected chi connectivity index (χ1v) is 4.53. The average molecular weight is 207 g/mol. The molecule has 1 amide bonds. The van der Waals surface area contributed by atoms with E-state index in [9.17, 15) is 9.59 Å². The summed E-state index contributed by atoms with van der Waals surface area (Å²) in [5, 5.41) is 0. The van der Waals surface area contributed by atoms with Gasteiger partial charge in [-0.05, 0) is 0 Å². The number of ether oxygens (including phenoxy) is 1. The van der Waals surface area contributed by atoms with Crippen molar-refractivity contribution in [2.24, 2.45) is 0 Å². The molecule has 1 aromatic rings. The van der Waals surface area contributed by atoms with Gasteiger partial charge in [0, 0.05) is 19.7 Å². The van der Waals surface area contributed by atoms with E-state index >= 15 is 0 Å². The lowest BCUT2D eigenvalue weighted by molar-refractivity contribution is 0.0794. The first-order chi connectivity index (χ1) is 7.11. The van der Waals surface area contributed by atoms with Crippen LogP contribution in [0.3, 0.4) is 0 Å². The molecule has 0 bridgehead atoms. The van der Waals surface area contributed by atoms with Gasteiger partial charge >= 0.3 is 6.09 Å². The summed E-state index contributed by atoms with van der Waals surface area (Å²) in [6.07, 6.45) is -0.515. The smallest absolute Gasteiger partial charge is 0.409 e. The third kappa shape index (κ3) is 3.42. The van der Waals surface area contributed by atoms with E-state index in [-0.39, 0.29) is 12.4 Å². The first-order valence-electron chi connectivity index (χ1n) is 4.53. The van der Waals surface area contributed by atoms with Crippen LogP contribution < -0.4 is 0 Å². The minimum absolute atomic E-state index is 0.203. The largest absolute Gasteiger partial charge is 0.441 e. The summed E-state index contributed by atoms with van der Waals surface area (Å²) in [7, 11) is 3.13. The Morgan fingerprint density at radius 2 is 1.80 bits per heavy atom. The fraction of sp³-hybridized carbons (Fsp3) is 0.273. The molecule has 15 heavy (non-hydrogen) atoms. The highest BCUT2D eigenvalue weighted by Gasteiger charge is 2.10. The normalized spacial score (nSPS) is 9.47. The number of hydrogen-bond acceptors (Lipinski definition) is 3. The molecule has 4 nitrogen and oxygen atoms in total. The SMILES string of the molecule is CN(C)C(=O)OCC(=O)c1ccccc1. The fourth-order valence-corrected chi connectivity index (χ4v) is 0.964. The Hall–Kier alpha value is -1.84. The molecular weight excluding hydrogens is 194 g/mol. The maximum absolute atomic E-state index is 11.5. The van der Waals surface area contributed by atoms with Crippen molar-refractivity contribution < 1.29 is 14.3 Å². The van der Waals surface area contributed by atoms with Crippen LogP contribution in [0.25, 0.3) is 0 Å². The maximum atomic E-state index is 11.5. The molecule has 1 rings (SSSR count). The molecular formula is C11H13NO3. The van der Waals surface area contributed by atoms with Gasteiger partial charge < -0.3 is 9.64 Å². The van der Waals surface area contributed by atoms with Crippen molar-refractivity contribution in [2.45, 2.75) is 0 Å². The van der Waals surface area contributed by atoms with E-state index in [1.165, 1.54) is 4.90 Å². The predicted molar refractivity (Wildman–Crippen MR) is 55.8 cm³/mol. The molecule has 4 heteroatoms. The van der Waals surface area contributed by atoms with E-state index in [2.05, 4.69) is 0 Å². The van der Waals surface area contributed by atoms with Crippen LogP contribution in [0, 0.1) is 0 Å². The molecule has 0 atom stereocenters. The third-order valence-electron chi connectivity index (χ3n) is 1.79. The number of carbonyl (C=O) groups excluding carboxylic acids is 2. The predicted octanol–water partition coefficient (Wildman–Crippen LogP) is 1.57. The standard InChI is InChI=1S/C11H13NO3/c1-12(2)11(14)15-8-10(13)9-6-4-3-5-7-9/h3-7H,8H2,1-2H3. The van der Waals surface area contributed by atoms with Gasteiger partial charge in [0.2, 0.25) is 0 Å². The summed E-state index contributed by atoms with van der Waals surface area (Å²) in [6.45, 7) is -0.221. The number of carbonyl (C=O) groups is 2. The van der Waals surface area contributed by atoms with Crippen LogP contribution in [0.4, 0.5) is 4.79 Å². The van der Waals surface area contributed by atoms with Crippen molar-refractivity contribution in [1.82, 2.24) is 4.90 Å². The van der Waals surface area contributed by atoms with Crippen molar-refractivity contribution in [3.8, 4) is 0 Å². The van der Waals surface area contributed by atoms with Gasteiger partial charge in [-0.25, -0.2) is 4.79 Å². The van der Waals surface area contributed by atoms with Crippen LogP contribution in [-0.2, 0) is 4.74 Å². The molecule has 0 aliphatic rings. The van der Waals surface area contributed by atoms with Gasteiger partial charge in [0.05, 0.1) is 0 Å². The number of rotatable bonds is 3. The molecule has 0 aliphatic heterocycles. The number of Topliss-reactive ketones (excluding diaryl/α,β-unsaturated/α-hetero) is 1. The Morgan fingerprint density at radius 1 is 1.20 bits per heavy atom. The Balaban J connectivity index is 2.48. The summed E-state index contributed by atoms with van der Waals surface area (Å²) in [5.74, 6) is -0.203. The van der Waals surface area contributed by atoms with Crippen LogP contribution in [0.5, 0.6) is 0 Å². The molecule has 0 heterocycles. The minimum Gasteiger partial charge on any atom is -0.441 e. The Kier molecular flexibility index (Phi) is 3.85. The van der Waals surface area contributed by atoms with Gasteiger partial charge in [0.15, 0.2) is 12.4 Å². The minimum atomic E-state index is -0.515. The van der Waals surface area contributed by atoms with E-state index in [0.29, 0.717) is 5.56 Å². The summed E-state index contributed by atoms with van der Waals surface area (Å²) < 4.78 is 4.76. The summed E-state index contributed by atoms with van der Waals surface area (Å²) in [4.78, 5) is 23.8. The van der Waals surface area contributed by atoms with Crippen LogP contribution in [0.15, 0.2) is 30.3 Å². The zero-order chi connectivity index (χ0) is 11.3. The highest BCUT2D eigenvalue weighted by Crippen LogP contribution is 2.00. The zero-order valence-corrected chi connectivity index (χ0v) is 8.77. The summed E-state index contributed by atoms with van der Waals surface area (Å²) in [6, 6.07) is 8.72. The second-order valence-electron chi connectivity index (χ2n) is 3.24. The highest BCUT2D eigenvalue weighted by atomic mass is 16.6. The van der Waals surface area contributed by atoms with E-state index < -0.39 is 6.09 Å². The number of ketones is 1. The summed E-state index contributed by atoms with van der Waals surface area (Å²) in [5.41, 5.74) is 0.545. The third-order valence-corrected chi connectivity index (χ3v) is 1.79. The van der Waals surface area contributed by atoms with Gasteiger partial charge in [-0.3, -0.25) is 4.79 Å². The average Bonchev–Trinajstić information content (AvgIpc) is 2.26. The quantitative estimate of drug-likeness (QED) is 0.707. The van der Waals surface area contributed by atoms with Crippen molar-refractivity contribution in [3.63, 3.8) is 0 Å². The molecule has 80 valence electrons. The second kappa shape index (κ2) is 5.14. The second-order valence-corrected chi connectivity index (χ2v) is 3.24. The lowest BCUT2D eigenvalue weighted by Crippen LogP contribution is -2.25. The van der Waals surface area contributed by atoms with E-state index in [1.807, 2.05) is 6.07 Å².